The summed E-state index contributed by atoms with van der Waals surface area (Å²) in [4.78, 5) is 4.23. The van der Waals surface area contributed by atoms with Gasteiger partial charge < -0.3 is 5.32 Å². The van der Waals surface area contributed by atoms with Gasteiger partial charge in [0.25, 0.3) is 0 Å². The van der Waals surface area contributed by atoms with Gasteiger partial charge in [0.05, 0.1) is 10.7 Å². The van der Waals surface area contributed by atoms with Crippen LogP contribution in [0.15, 0.2) is 35.1 Å². The van der Waals surface area contributed by atoms with Crippen molar-refractivity contribution < 1.29 is 0 Å². The van der Waals surface area contributed by atoms with Crippen molar-refractivity contribution in [2.45, 2.75) is 6.92 Å². The summed E-state index contributed by atoms with van der Waals surface area (Å²) in [7, 11) is 0. The summed E-state index contributed by atoms with van der Waals surface area (Å²) in [6, 6.07) is 5.81. The monoisotopic (exact) mass is 299 g/mol. The van der Waals surface area contributed by atoms with E-state index in [1.54, 1.807) is 6.20 Å². The third kappa shape index (κ3) is 2.23. The quantitative estimate of drug-likeness (QED) is 0.936. The summed E-state index contributed by atoms with van der Waals surface area (Å²) >= 11 is 9.43. The Bertz CT molecular complexity index is 496. The predicted octanol–water partition coefficient (Wildman–Crippen LogP) is 3.72. The van der Waals surface area contributed by atoms with Gasteiger partial charge in [-0.15, -0.1) is 0 Å². The topological polar surface area (TPSA) is 29.9 Å². The molecule has 1 aromatic carbocycles. The Morgan fingerprint density at radius 3 is 3.00 bits per heavy atom. The van der Waals surface area contributed by atoms with E-state index >= 15 is 0 Å². The van der Waals surface area contributed by atoms with Crippen LogP contribution in [0.4, 0.5) is 5.95 Å². The Balaban J connectivity index is 2.42. The van der Waals surface area contributed by atoms with Gasteiger partial charge in [-0.3, -0.25) is 4.57 Å². The van der Waals surface area contributed by atoms with E-state index in [9.17, 15) is 0 Å². The number of hydrogen-bond acceptors (Lipinski definition) is 2. The molecule has 0 amide bonds. The molecule has 84 valence electrons. The van der Waals surface area contributed by atoms with Crippen LogP contribution >= 0.6 is 27.5 Å². The van der Waals surface area contributed by atoms with Crippen molar-refractivity contribution in [3.05, 3.63) is 40.1 Å². The maximum absolute atomic E-state index is 6.06. The fourth-order valence-corrected chi connectivity index (χ4v) is 1.86. The number of nitrogens with zero attached hydrogens (tertiary/aromatic N) is 2. The molecular weight excluding hydrogens is 289 g/mol. The maximum Gasteiger partial charge on any atom is 0.207 e. The van der Waals surface area contributed by atoms with E-state index < -0.39 is 0 Å². The second kappa shape index (κ2) is 4.89. The van der Waals surface area contributed by atoms with Gasteiger partial charge in [0, 0.05) is 23.4 Å². The van der Waals surface area contributed by atoms with Crippen molar-refractivity contribution in [2.24, 2.45) is 0 Å². The summed E-state index contributed by atoms with van der Waals surface area (Å²) in [5, 5.41) is 3.87. The molecule has 0 aliphatic rings. The zero-order valence-electron chi connectivity index (χ0n) is 8.74. The Kier molecular flexibility index (Phi) is 3.51. The maximum atomic E-state index is 6.06. The van der Waals surface area contributed by atoms with Crippen LogP contribution in [0.3, 0.4) is 0 Å². The largest absolute Gasteiger partial charge is 0.356 e. The first-order valence-electron chi connectivity index (χ1n) is 4.95. The van der Waals surface area contributed by atoms with Crippen LogP contribution in [0.5, 0.6) is 0 Å². The lowest BCUT2D eigenvalue weighted by atomic mass is 10.3. The van der Waals surface area contributed by atoms with E-state index in [0.29, 0.717) is 5.02 Å². The molecule has 1 N–H and O–H groups in total. The molecule has 5 heteroatoms. The Hall–Kier alpha value is -1.000. The molecule has 1 aromatic heterocycles. The number of anilines is 1. The number of benzene rings is 1. The lowest BCUT2D eigenvalue weighted by molar-refractivity contribution is 1.02. The molecular formula is C11H11BrClN3. The molecule has 1 heterocycles. The molecule has 0 radical (unpaired) electrons. The Labute approximate surface area is 108 Å². The number of nitrogens with one attached hydrogen (secondary N) is 1. The lowest BCUT2D eigenvalue weighted by Gasteiger charge is -2.09. The van der Waals surface area contributed by atoms with Gasteiger partial charge in [-0.05, 0) is 41.1 Å². The number of aromatic nitrogens is 2. The molecule has 16 heavy (non-hydrogen) atoms. The van der Waals surface area contributed by atoms with Crippen LogP contribution in [0.1, 0.15) is 6.92 Å². The van der Waals surface area contributed by atoms with Gasteiger partial charge in [0.2, 0.25) is 5.95 Å². The molecule has 0 saturated carbocycles. The summed E-state index contributed by atoms with van der Waals surface area (Å²) in [5.74, 6) is 0.820. The molecule has 2 rings (SSSR count). The number of imidazole rings is 1. The van der Waals surface area contributed by atoms with Crippen LogP contribution in [-0.4, -0.2) is 16.1 Å². The van der Waals surface area contributed by atoms with Crippen molar-refractivity contribution in [2.75, 3.05) is 11.9 Å². The molecule has 0 saturated heterocycles. The molecule has 2 aromatic rings. The summed E-state index contributed by atoms with van der Waals surface area (Å²) in [6.45, 7) is 2.87. The van der Waals surface area contributed by atoms with Gasteiger partial charge in [-0.2, -0.15) is 0 Å². The minimum absolute atomic E-state index is 0.689. The molecule has 0 fully saturated rings. The number of rotatable bonds is 3. The highest BCUT2D eigenvalue weighted by atomic mass is 79.9. The fourth-order valence-electron chi connectivity index (χ4n) is 1.44. The smallest absolute Gasteiger partial charge is 0.207 e. The number of halogens is 2. The van der Waals surface area contributed by atoms with Gasteiger partial charge >= 0.3 is 0 Å². The van der Waals surface area contributed by atoms with E-state index in [2.05, 4.69) is 26.2 Å². The normalized spacial score (nSPS) is 10.4. The third-order valence-corrected chi connectivity index (χ3v) is 3.39. The molecule has 0 aliphatic heterocycles. The third-order valence-electron chi connectivity index (χ3n) is 2.16. The van der Waals surface area contributed by atoms with E-state index in [-0.39, 0.29) is 0 Å². The Morgan fingerprint density at radius 2 is 2.31 bits per heavy atom. The Morgan fingerprint density at radius 1 is 1.50 bits per heavy atom. The highest BCUT2D eigenvalue weighted by molar-refractivity contribution is 9.10. The van der Waals surface area contributed by atoms with Crippen LogP contribution < -0.4 is 5.32 Å². The second-order valence-electron chi connectivity index (χ2n) is 3.25. The summed E-state index contributed by atoms with van der Waals surface area (Å²) in [5.41, 5.74) is 0.988. The highest BCUT2D eigenvalue weighted by Gasteiger charge is 2.05. The average Bonchev–Trinajstić information content (AvgIpc) is 2.71. The number of hydrogen-bond donors (Lipinski definition) is 1. The SMILES string of the molecule is CCNc1nccn1-c1ccc(Br)c(Cl)c1. The van der Waals surface area contributed by atoms with Crippen molar-refractivity contribution in [1.82, 2.24) is 9.55 Å². The van der Waals surface area contributed by atoms with Crippen LogP contribution in [0.25, 0.3) is 5.69 Å². The minimum Gasteiger partial charge on any atom is -0.356 e. The molecule has 0 spiro atoms. The van der Waals surface area contributed by atoms with Crippen molar-refractivity contribution in [1.29, 1.82) is 0 Å². The standard InChI is InChI=1S/C11H11BrClN3/c1-2-14-11-15-5-6-16(11)8-3-4-9(12)10(13)7-8/h3-7H,2H2,1H3,(H,14,15). The van der Waals surface area contributed by atoms with Crippen molar-refractivity contribution >= 4 is 33.5 Å². The zero-order chi connectivity index (χ0) is 11.5. The lowest BCUT2D eigenvalue weighted by Crippen LogP contribution is -2.04. The van der Waals surface area contributed by atoms with Crippen molar-refractivity contribution in [3.63, 3.8) is 0 Å². The van der Waals surface area contributed by atoms with Crippen LogP contribution in [0.2, 0.25) is 5.02 Å². The van der Waals surface area contributed by atoms with E-state index in [1.165, 1.54) is 0 Å². The van der Waals surface area contributed by atoms with E-state index in [4.69, 9.17) is 11.6 Å². The highest BCUT2D eigenvalue weighted by Crippen LogP contribution is 2.26. The summed E-state index contributed by atoms with van der Waals surface area (Å²) in [6.07, 6.45) is 3.66. The van der Waals surface area contributed by atoms with E-state index in [1.807, 2.05) is 35.9 Å². The van der Waals surface area contributed by atoms with Crippen molar-refractivity contribution in [3.8, 4) is 5.69 Å². The summed E-state index contributed by atoms with van der Waals surface area (Å²) < 4.78 is 2.85. The molecule has 0 atom stereocenters. The zero-order valence-corrected chi connectivity index (χ0v) is 11.1. The molecule has 0 aliphatic carbocycles. The average molecular weight is 301 g/mol. The fraction of sp³-hybridized carbons (Fsp3) is 0.182. The first kappa shape index (κ1) is 11.5. The first-order chi connectivity index (χ1) is 7.72. The first-order valence-corrected chi connectivity index (χ1v) is 6.12. The predicted molar refractivity (Wildman–Crippen MR) is 70.4 cm³/mol. The molecule has 0 unspecified atom stereocenters. The molecule has 3 nitrogen and oxygen atoms in total. The van der Waals surface area contributed by atoms with Crippen LogP contribution in [0, 0.1) is 0 Å². The van der Waals surface area contributed by atoms with Crippen LogP contribution in [-0.2, 0) is 0 Å². The molecule has 0 bridgehead atoms. The second-order valence-corrected chi connectivity index (χ2v) is 4.51. The minimum atomic E-state index is 0.689. The van der Waals surface area contributed by atoms with Gasteiger partial charge in [0.1, 0.15) is 0 Å². The van der Waals surface area contributed by atoms with Gasteiger partial charge in [0.15, 0.2) is 0 Å². The van der Waals surface area contributed by atoms with Gasteiger partial charge in [-0.25, -0.2) is 4.98 Å². The van der Waals surface area contributed by atoms with E-state index in [0.717, 1.165) is 22.7 Å². The van der Waals surface area contributed by atoms with Gasteiger partial charge in [-0.1, -0.05) is 11.6 Å².